The number of aromatic nitrogens is 4. The minimum absolute atomic E-state index is 0.250. The van der Waals surface area contributed by atoms with Crippen molar-refractivity contribution in [3.05, 3.63) is 102 Å². The fourth-order valence-electron chi connectivity index (χ4n) is 4.36. The number of amides is 2. The van der Waals surface area contributed by atoms with E-state index in [9.17, 15) is 9.59 Å². The van der Waals surface area contributed by atoms with E-state index in [-0.39, 0.29) is 11.8 Å². The maximum atomic E-state index is 13.0. The van der Waals surface area contributed by atoms with Gasteiger partial charge in [-0.3, -0.25) is 25.3 Å². The lowest BCUT2D eigenvalue weighted by Gasteiger charge is -2.26. The first-order chi connectivity index (χ1) is 17.7. The fraction of sp³-hybridized carbons (Fsp3) is 0.222. The molecule has 9 heteroatoms. The van der Waals surface area contributed by atoms with Crippen molar-refractivity contribution in [2.24, 2.45) is 0 Å². The summed E-state index contributed by atoms with van der Waals surface area (Å²) >= 11 is 0. The van der Waals surface area contributed by atoms with Crippen LogP contribution in [0.25, 0.3) is 11.4 Å². The standard InChI is InChI=1S/C27H27N7O2/c35-26(29-30-27(36)24(33-17-7-8-18-33)21-9-3-1-4-10-21)23-15-13-20(14-16-23)19-34-31-25(28-32-34)22-11-5-2-6-12-22/h1-6,9-16,24H,7-8,17-19H2,(H,29,35)(H,30,36)/t24-/m0/s1. The smallest absolute Gasteiger partial charge is 0.269 e. The monoisotopic (exact) mass is 481 g/mol. The van der Waals surface area contributed by atoms with Crippen molar-refractivity contribution in [3.63, 3.8) is 0 Å². The summed E-state index contributed by atoms with van der Waals surface area (Å²) in [6.45, 7) is 2.14. The summed E-state index contributed by atoms with van der Waals surface area (Å²) in [5.74, 6) is -0.0713. The zero-order valence-electron chi connectivity index (χ0n) is 19.7. The molecular formula is C27H27N7O2. The van der Waals surface area contributed by atoms with Gasteiger partial charge in [0.1, 0.15) is 6.04 Å². The topological polar surface area (TPSA) is 105 Å². The molecule has 2 heterocycles. The normalized spacial score (nSPS) is 14.3. The summed E-state index contributed by atoms with van der Waals surface area (Å²) in [5.41, 5.74) is 8.34. The maximum absolute atomic E-state index is 13.0. The van der Waals surface area contributed by atoms with Gasteiger partial charge >= 0.3 is 0 Å². The van der Waals surface area contributed by atoms with Gasteiger partial charge in [-0.15, -0.1) is 10.2 Å². The van der Waals surface area contributed by atoms with E-state index in [1.807, 2.05) is 72.8 Å². The van der Waals surface area contributed by atoms with Gasteiger partial charge in [0.25, 0.3) is 11.8 Å². The third-order valence-corrected chi connectivity index (χ3v) is 6.19. The summed E-state index contributed by atoms with van der Waals surface area (Å²) in [7, 11) is 0. The first kappa shape index (κ1) is 23.4. The van der Waals surface area contributed by atoms with Crippen LogP contribution >= 0.6 is 0 Å². The molecule has 5 rings (SSSR count). The Morgan fingerprint density at radius 2 is 1.50 bits per heavy atom. The second kappa shape index (κ2) is 10.9. The van der Waals surface area contributed by atoms with Crippen LogP contribution in [0, 0.1) is 0 Å². The van der Waals surface area contributed by atoms with E-state index in [4.69, 9.17) is 0 Å². The Bertz CT molecular complexity index is 1300. The third kappa shape index (κ3) is 5.47. The third-order valence-electron chi connectivity index (χ3n) is 6.19. The molecule has 36 heavy (non-hydrogen) atoms. The zero-order valence-corrected chi connectivity index (χ0v) is 19.7. The lowest BCUT2D eigenvalue weighted by atomic mass is 10.1. The number of hydrogen-bond donors (Lipinski definition) is 2. The van der Waals surface area contributed by atoms with E-state index in [2.05, 4.69) is 31.2 Å². The second-order valence-electron chi connectivity index (χ2n) is 8.71. The quantitative estimate of drug-likeness (QED) is 0.393. The van der Waals surface area contributed by atoms with E-state index in [1.54, 1.807) is 12.1 Å². The second-order valence-corrected chi connectivity index (χ2v) is 8.71. The fourth-order valence-corrected chi connectivity index (χ4v) is 4.36. The van der Waals surface area contributed by atoms with Crippen molar-refractivity contribution >= 4 is 11.8 Å². The zero-order chi connectivity index (χ0) is 24.7. The Labute approximate surface area is 209 Å². The Morgan fingerprint density at radius 1 is 0.833 bits per heavy atom. The summed E-state index contributed by atoms with van der Waals surface area (Å²) < 4.78 is 0. The number of hydrazine groups is 1. The maximum Gasteiger partial charge on any atom is 0.269 e. The first-order valence-electron chi connectivity index (χ1n) is 12.0. The molecular weight excluding hydrogens is 454 g/mol. The molecule has 1 aromatic heterocycles. The van der Waals surface area contributed by atoms with E-state index in [0.29, 0.717) is 17.9 Å². The molecule has 2 amide bonds. The van der Waals surface area contributed by atoms with Crippen LogP contribution in [0.1, 0.15) is 40.4 Å². The van der Waals surface area contributed by atoms with Gasteiger partial charge < -0.3 is 0 Å². The van der Waals surface area contributed by atoms with E-state index in [1.165, 1.54) is 4.80 Å². The molecule has 1 aliphatic heterocycles. The van der Waals surface area contributed by atoms with Gasteiger partial charge in [-0.05, 0) is 54.4 Å². The molecule has 1 fully saturated rings. The molecule has 3 aromatic carbocycles. The molecule has 0 radical (unpaired) electrons. The molecule has 0 spiro atoms. The van der Waals surface area contributed by atoms with Crippen molar-refractivity contribution < 1.29 is 9.59 Å². The number of rotatable bonds is 7. The predicted octanol–water partition coefficient (Wildman–Crippen LogP) is 2.99. The summed E-state index contributed by atoms with van der Waals surface area (Å²) in [5, 5.41) is 12.6. The molecule has 2 N–H and O–H groups in total. The minimum Gasteiger partial charge on any atom is -0.288 e. The Hall–Kier alpha value is -4.37. The van der Waals surface area contributed by atoms with Crippen LogP contribution in [0.5, 0.6) is 0 Å². The SMILES string of the molecule is O=C(NNC(=O)[C@H](c1ccccc1)N1CCCC1)c1ccc(Cn2nnc(-c3ccccc3)n2)cc1. The Morgan fingerprint density at radius 3 is 2.19 bits per heavy atom. The molecule has 0 saturated carbocycles. The summed E-state index contributed by atoms with van der Waals surface area (Å²) in [6, 6.07) is 25.9. The first-order valence-corrected chi connectivity index (χ1v) is 12.0. The Balaban J connectivity index is 1.18. The van der Waals surface area contributed by atoms with Crippen LogP contribution in [-0.2, 0) is 11.3 Å². The van der Waals surface area contributed by atoms with Gasteiger partial charge in [0.2, 0.25) is 5.82 Å². The largest absolute Gasteiger partial charge is 0.288 e. The average Bonchev–Trinajstić information content (AvgIpc) is 3.62. The highest BCUT2D eigenvalue weighted by molar-refractivity contribution is 5.96. The number of carbonyl (C=O) groups excluding carboxylic acids is 2. The van der Waals surface area contributed by atoms with Crippen molar-refractivity contribution in [2.75, 3.05) is 13.1 Å². The number of nitrogens with zero attached hydrogens (tertiary/aromatic N) is 5. The number of tetrazole rings is 1. The van der Waals surface area contributed by atoms with Gasteiger partial charge in [0, 0.05) is 11.1 Å². The predicted molar refractivity (Wildman–Crippen MR) is 134 cm³/mol. The highest BCUT2D eigenvalue weighted by Crippen LogP contribution is 2.25. The molecule has 0 unspecified atom stereocenters. The highest BCUT2D eigenvalue weighted by atomic mass is 16.2. The molecule has 1 aliphatic rings. The molecule has 182 valence electrons. The van der Waals surface area contributed by atoms with Gasteiger partial charge in [-0.2, -0.15) is 4.80 Å². The van der Waals surface area contributed by atoms with E-state index in [0.717, 1.165) is 42.6 Å². The van der Waals surface area contributed by atoms with Gasteiger partial charge in [-0.25, -0.2) is 0 Å². The van der Waals surface area contributed by atoms with Crippen LogP contribution in [0.2, 0.25) is 0 Å². The van der Waals surface area contributed by atoms with Crippen LogP contribution in [0.15, 0.2) is 84.9 Å². The summed E-state index contributed by atoms with van der Waals surface area (Å²) in [4.78, 5) is 29.4. The number of hydrogen-bond acceptors (Lipinski definition) is 6. The van der Waals surface area contributed by atoms with Crippen molar-refractivity contribution in [2.45, 2.75) is 25.4 Å². The molecule has 1 atom stereocenters. The number of likely N-dealkylation sites (tertiary alicyclic amines) is 1. The molecule has 0 aliphatic carbocycles. The van der Waals surface area contributed by atoms with Crippen LogP contribution in [0.4, 0.5) is 0 Å². The molecule has 0 bridgehead atoms. The van der Waals surface area contributed by atoms with Crippen molar-refractivity contribution in [1.29, 1.82) is 0 Å². The Kier molecular flexibility index (Phi) is 7.09. The van der Waals surface area contributed by atoms with Crippen LogP contribution < -0.4 is 10.9 Å². The van der Waals surface area contributed by atoms with Gasteiger partial charge in [0.05, 0.1) is 6.54 Å². The number of nitrogens with one attached hydrogen (secondary N) is 2. The van der Waals surface area contributed by atoms with Crippen LogP contribution in [0.3, 0.4) is 0 Å². The number of carbonyl (C=O) groups is 2. The van der Waals surface area contributed by atoms with E-state index < -0.39 is 6.04 Å². The van der Waals surface area contributed by atoms with Crippen molar-refractivity contribution in [1.82, 2.24) is 36.0 Å². The lowest BCUT2D eigenvalue weighted by Crippen LogP contribution is -2.47. The molecule has 1 saturated heterocycles. The molecule has 9 nitrogen and oxygen atoms in total. The highest BCUT2D eigenvalue weighted by Gasteiger charge is 2.29. The average molecular weight is 482 g/mol. The lowest BCUT2D eigenvalue weighted by molar-refractivity contribution is -0.127. The van der Waals surface area contributed by atoms with Crippen LogP contribution in [-0.4, -0.2) is 50.0 Å². The number of benzene rings is 3. The van der Waals surface area contributed by atoms with E-state index >= 15 is 0 Å². The van der Waals surface area contributed by atoms with Gasteiger partial charge in [-0.1, -0.05) is 72.8 Å². The summed E-state index contributed by atoms with van der Waals surface area (Å²) in [6.07, 6.45) is 2.13. The van der Waals surface area contributed by atoms with Crippen molar-refractivity contribution in [3.8, 4) is 11.4 Å². The molecule has 4 aromatic rings. The van der Waals surface area contributed by atoms with Gasteiger partial charge in [0.15, 0.2) is 0 Å². The minimum atomic E-state index is -0.438.